The summed E-state index contributed by atoms with van der Waals surface area (Å²) in [5, 5.41) is 6.64. The summed E-state index contributed by atoms with van der Waals surface area (Å²) in [5.74, 6) is 0.821. The van der Waals surface area contributed by atoms with E-state index < -0.39 is 10.0 Å². The molecule has 0 aliphatic carbocycles. The molecule has 0 saturated heterocycles. The summed E-state index contributed by atoms with van der Waals surface area (Å²) in [6.07, 6.45) is 1.16. The Morgan fingerprint density at radius 2 is 1.92 bits per heavy atom. The number of rotatable bonds is 7. The first kappa shape index (κ1) is 20.0. The molecule has 140 valence electrons. The molecule has 0 saturated carbocycles. The van der Waals surface area contributed by atoms with Crippen LogP contribution in [-0.4, -0.2) is 33.4 Å². The van der Waals surface area contributed by atoms with Crippen molar-refractivity contribution in [3.8, 4) is 5.75 Å². The summed E-state index contributed by atoms with van der Waals surface area (Å²) >= 11 is 5.33. The average Bonchev–Trinajstić information content (AvgIpc) is 2.60. The third-order valence-corrected chi connectivity index (χ3v) is 5.13. The van der Waals surface area contributed by atoms with Crippen molar-refractivity contribution in [3.05, 3.63) is 54.1 Å². The first-order valence-corrected chi connectivity index (χ1v) is 10.4. The lowest BCUT2D eigenvalue weighted by Crippen LogP contribution is -2.28. The molecule has 6 nitrogen and oxygen atoms in total. The zero-order valence-electron chi connectivity index (χ0n) is 15.0. The van der Waals surface area contributed by atoms with Crippen LogP contribution in [0.25, 0.3) is 0 Å². The van der Waals surface area contributed by atoms with E-state index in [4.69, 9.17) is 17.0 Å². The normalized spacial score (nSPS) is 10.9. The predicted molar refractivity (Wildman–Crippen MR) is 110 cm³/mol. The van der Waals surface area contributed by atoms with Crippen LogP contribution in [0, 0.1) is 0 Å². The van der Waals surface area contributed by atoms with E-state index in [-0.39, 0.29) is 0 Å². The Bertz CT molecular complexity index is 869. The summed E-state index contributed by atoms with van der Waals surface area (Å²) < 4.78 is 30.1. The fourth-order valence-electron chi connectivity index (χ4n) is 2.27. The Labute approximate surface area is 160 Å². The summed E-state index contributed by atoms with van der Waals surface area (Å²) in [6, 6.07) is 14.8. The Hall–Kier alpha value is -2.32. The summed E-state index contributed by atoms with van der Waals surface area (Å²) in [7, 11) is -1.80. The molecule has 2 aromatic rings. The molecule has 2 aromatic carbocycles. The molecular formula is C18H23N3O3S2. The molecule has 2 N–H and O–H groups in total. The Morgan fingerprint density at radius 1 is 1.19 bits per heavy atom. The van der Waals surface area contributed by atoms with Crippen LogP contribution in [0.5, 0.6) is 5.75 Å². The molecule has 0 unspecified atom stereocenters. The number of thiocarbonyl (C=S) groups is 1. The molecule has 26 heavy (non-hydrogen) atoms. The first-order chi connectivity index (χ1) is 12.3. The number of para-hydroxylation sites is 1. The van der Waals surface area contributed by atoms with Gasteiger partial charge < -0.3 is 15.4 Å². The van der Waals surface area contributed by atoms with Gasteiger partial charge in [0.15, 0.2) is 5.11 Å². The maximum atomic E-state index is 11.7. The third kappa shape index (κ3) is 5.60. The number of ether oxygens (including phenoxy) is 1. The monoisotopic (exact) mass is 393 g/mol. The lowest BCUT2D eigenvalue weighted by molar-refractivity contribution is 0.336. The minimum absolute atomic E-state index is 0.440. The van der Waals surface area contributed by atoms with Crippen LogP contribution >= 0.6 is 12.2 Å². The van der Waals surface area contributed by atoms with E-state index in [1.165, 1.54) is 11.4 Å². The number of anilines is 2. The molecule has 0 atom stereocenters. The number of hydrogen-bond donors (Lipinski definition) is 2. The van der Waals surface area contributed by atoms with Crippen molar-refractivity contribution in [1.82, 2.24) is 5.32 Å². The summed E-state index contributed by atoms with van der Waals surface area (Å²) in [5.41, 5.74) is 2.26. The number of hydrogen-bond acceptors (Lipinski definition) is 4. The zero-order chi connectivity index (χ0) is 19.2. The van der Waals surface area contributed by atoms with Gasteiger partial charge in [-0.1, -0.05) is 24.3 Å². The fraction of sp³-hybridized carbons (Fsp3) is 0.278. The standard InChI is InChI=1S/C18H23N3O3S2/c1-4-24-17-11-6-5-8-14(17)13-19-18(25)20-15-9-7-10-16(12-15)21(2)26(3,22)23/h5-12H,4,13H2,1-3H3,(H2,19,20,25). The molecule has 0 aromatic heterocycles. The van der Waals surface area contributed by atoms with Crippen molar-refractivity contribution >= 4 is 38.7 Å². The quantitative estimate of drug-likeness (QED) is 0.705. The highest BCUT2D eigenvalue weighted by atomic mass is 32.2. The van der Waals surface area contributed by atoms with Crippen molar-refractivity contribution in [2.45, 2.75) is 13.5 Å². The lowest BCUT2D eigenvalue weighted by Gasteiger charge is -2.18. The molecular weight excluding hydrogens is 370 g/mol. The molecule has 0 amide bonds. The smallest absolute Gasteiger partial charge is 0.231 e. The molecule has 2 rings (SSSR count). The Morgan fingerprint density at radius 3 is 2.62 bits per heavy atom. The molecule has 0 heterocycles. The van der Waals surface area contributed by atoms with E-state index in [1.54, 1.807) is 18.2 Å². The predicted octanol–water partition coefficient (Wildman–Crippen LogP) is 2.97. The van der Waals surface area contributed by atoms with E-state index in [9.17, 15) is 8.42 Å². The molecule has 0 radical (unpaired) electrons. The van der Waals surface area contributed by atoms with Crippen LogP contribution in [0.2, 0.25) is 0 Å². The van der Waals surface area contributed by atoms with Crippen LogP contribution in [0.3, 0.4) is 0 Å². The molecule has 0 bridgehead atoms. The minimum Gasteiger partial charge on any atom is -0.494 e. The maximum absolute atomic E-state index is 11.7. The van der Waals surface area contributed by atoms with Gasteiger partial charge >= 0.3 is 0 Å². The Kier molecular flexibility index (Phi) is 6.82. The van der Waals surface area contributed by atoms with Crippen LogP contribution in [0.4, 0.5) is 11.4 Å². The second kappa shape index (κ2) is 8.86. The van der Waals surface area contributed by atoms with Gasteiger partial charge in [0.25, 0.3) is 0 Å². The highest BCUT2D eigenvalue weighted by molar-refractivity contribution is 7.92. The number of nitrogens with zero attached hydrogens (tertiary/aromatic N) is 1. The summed E-state index contributed by atoms with van der Waals surface area (Å²) in [4.78, 5) is 0. The van der Waals surface area contributed by atoms with Crippen LogP contribution in [0.1, 0.15) is 12.5 Å². The minimum atomic E-state index is -3.31. The summed E-state index contributed by atoms with van der Waals surface area (Å²) in [6.45, 7) is 3.06. The highest BCUT2D eigenvalue weighted by Crippen LogP contribution is 2.21. The van der Waals surface area contributed by atoms with Crippen LogP contribution in [0.15, 0.2) is 48.5 Å². The van der Waals surface area contributed by atoms with Gasteiger partial charge in [-0.15, -0.1) is 0 Å². The molecule has 0 aliphatic heterocycles. The van der Waals surface area contributed by atoms with Crippen molar-refractivity contribution in [2.24, 2.45) is 0 Å². The van der Waals surface area contributed by atoms with Gasteiger partial charge in [-0.25, -0.2) is 8.42 Å². The van der Waals surface area contributed by atoms with Crippen molar-refractivity contribution in [3.63, 3.8) is 0 Å². The second-order valence-corrected chi connectivity index (χ2v) is 8.05. The van der Waals surface area contributed by atoms with Gasteiger partial charge in [-0.3, -0.25) is 4.31 Å². The van der Waals surface area contributed by atoms with E-state index in [1.807, 2.05) is 37.3 Å². The van der Waals surface area contributed by atoms with Gasteiger partial charge in [0.1, 0.15) is 5.75 Å². The van der Waals surface area contributed by atoms with E-state index in [2.05, 4.69) is 10.6 Å². The largest absolute Gasteiger partial charge is 0.494 e. The van der Waals surface area contributed by atoms with Crippen molar-refractivity contribution in [2.75, 3.05) is 29.5 Å². The first-order valence-electron chi connectivity index (χ1n) is 8.10. The molecule has 0 aliphatic rings. The zero-order valence-corrected chi connectivity index (χ0v) is 16.7. The topological polar surface area (TPSA) is 70.7 Å². The second-order valence-electron chi connectivity index (χ2n) is 5.63. The van der Waals surface area contributed by atoms with Gasteiger partial charge in [0, 0.05) is 24.8 Å². The highest BCUT2D eigenvalue weighted by Gasteiger charge is 2.12. The lowest BCUT2D eigenvalue weighted by atomic mass is 10.2. The third-order valence-electron chi connectivity index (χ3n) is 3.68. The van der Waals surface area contributed by atoms with Crippen LogP contribution in [-0.2, 0) is 16.6 Å². The van der Waals surface area contributed by atoms with E-state index in [0.29, 0.717) is 29.6 Å². The number of sulfonamides is 1. The number of benzene rings is 2. The maximum Gasteiger partial charge on any atom is 0.231 e. The molecule has 0 fully saturated rings. The van der Waals surface area contributed by atoms with Gasteiger partial charge in [0.2, 0.25) is 10.0 Å². The Balaban J connectivity index is 2.01. The fourth-order valence-corrected chi connectivity index (χ4v) is 2.95. The molecule has 0 spiro atoms. The van der Waals surface area contributed by atoms with E-state index in [0.717, 1.165) is 17.6 Å². The SMILES string of the molecule is CCOc1ccccc1CNC(=S)Nc1cccc(N(C)S(C)(=O)=O)c1. The van der Waals surface area contributed by atoms with Gasteiger partial charge in [0.05, 0.1) is 18.6 Å². The number of nitrogens with one attached hydrogen (secondary N) is 2. The van der Waals surface area contributed by atoms with Crippen molar-refractivity contribution < 1.29 is 13.2 Å². The van der Waals surface area contributed by atoms with Crippen molar-refractivity contribution in [1.29, 1.82) is 0 Å². The van der Waals surface area contributed by atoms with Gasteiger partial charge in [-0.2, -0.15) is 0 Å². The van der Waals surface area contributed by atoms with E-state index >= 15 is 0 Å². The van der Waals surface area contributed by atoms with Gasteiger partial charge in [-0.05, 0) is 43.4 Å². The molecule has 8 heteroatoms. The average molecular weight is 394 g/mol. The van der Waals surface area contributed by atoms with Crippen LogP contribution < -0.4 is 19.7 Å².